The van der Waals surface area contributed by atoms with Crippen molar-refractivity contribution >= 4 is 11.8 Å². The fourth-order valence-corrected chi connectivity index (χ4v) is 3.34. The molecule has 1 heterocycles. The molecule has 0 aromatic rings. The SMILES string of the molecule is CCN1CCCN(CC)CC(=O)N(C)CCN(C)C(=O)CN(CC)CCC1. The van der Waals surface area contributed by atoms with Crippen LogP contribution in [0, 0.1) is 0 Å². The van der Waals surface area contributed by atoms with Crippen LogP contribution in [-0.4, -0.2) is 122 Å². The van der Waals surface area contributed by atoms with E-state index in [0.29, 0.717) is 26.2 Å². The van der Waals surface area contributed by atoms with Gasteiger partial charge in [-0.1, -0.05) is 20.8 Å². The van der Waals surface area contributed by atoms with Crippen molar-refractivity contribution < 1.29 is 9.59 Å². The van der Waals surface area contributed by atoms with Gasteiger partial charge in [0, 0.05) is 27.2 Å². The Bertz CT molecular complexity index is 408. The number of rotatable bonds is 3. The summed E-state index contributed by atoms with van der Waals surface area (Å²) in [4.78, 5) is 35.4. The lowest BCUT2D eigenvalue weighted by molar-refractivity contribution is -0.134. The van der Waals surface area contributed by atoms with Crippen LogP contribution in [-0.2, 0) is 9.59 Å². The summed E-state index contributed by atoms with van der Waals surface area (Å²) in [7, 11) is 3.67. The first-order valence-electron chi connectivity index (χ1n) is 10.6. The zero-order chi connectivity index (χ0) is 20.2. The molecule has 1 aliphatic rings. The van der Waals surface area contributed by atoms with Crippen LogP contribution in [0.15, 0.2) is 0 Å². The molecule has 0 spiro atoms. The van der Waals surface area contributed by atoms with Gasteiger partial charge >= 0.3 is 0 Å². The first-order valence-corrected chi connectivity index (χ1v) is 10.6. The van der Waals surface area contributed by atoms with Crippen LogP contribution in [0.4, 0.5) is 0 Å². The Morgan fingerprint density at radius 2 is 0.926 bits per heavy atom. The summed E-state index contributed by atoms with van der Waals surface area (Å²) < 4.78 is 0. The lowest BCUT2D eigenvalue weighted by atomic mass is 10.3. The second-order valence-corrected chi connectivity index (χ2v) is 7.51. The molecular weight excluding hydrogens is 342 g/mol. The Morgan fingerprint density at radius 1 is 0.593 bits per heavy atom. The Hall–Kier alpha value is -1.18. The fourth-order valence-electron chi connectivity index (χ4n) is 3.34. The standard InChI is InChI=1S/C20H41N5O2/c1-6-23-11-9-13-24(7-2)17-19(26)21(4)15-16-22(5)20(27)18-25(8-3)14-10-12-23/h6-18H2,1-5H3. The molecule has 0 saturated carbocycles. The van der Waals surface area contributed by atoms with Crippen molar-refractivity contribution in [1.82, 2.24) is 24.5 Å². The maximum absolute atomic E-state index is 12.5. The molecule has 0 bridgehead atoms. The molecule has 0 N–H and O–H groups in total. The Labute approximate surface area is 166 Å². The first kappa shape index (κ1) is 23.9. The quantitative estimate of drug-likeness (QED) is 0.717. The van der Waals surface area contributed by atoms with E-state index in [0.717, 1.165) is 58.7 Å². The van der Waals surface area contributed by atoms with Crippen LogP contribution in [0.5, 0.6) is 0 Å². The summed E-state index contributed by atoms with van der Waals surface area (Å²) in [5.41, 5.74) is 0. The minimum atomic E-state index is 0.129. The van der Waals surface area contributed by atoms with Gasteiger partial charge in [0.15, 0.2) is 0 Å². The second kappa shape index (κ2) is 13.1. The molecule has 7 nitrogen and oxygen atoms in total. The predicted molar refractivity (Wildman–Crippen MR) is 111 cm³/mol. The van der Waals surface area contributed by atoms with Crippen molar-refractivity contribution in [3.05, 3.63) is 0 Å². The molecule has 158 valence electrons. The van der Waals surface area contributed by atoms with Gasteiger partial charge in [-0.05, 0) is 58.7 Å². The number of nitrogens with zero attached hydrogens (tertiary/aromatic N) is 5. The van der Waals surface area contributed by atoms with Crippen LogP contribution in [0.25, 0.3) is 0 Å². The minimum absolute atomic E-state index is 0.129. The average Bonchev–Trinajstić information content (AvgIpc) is 2.67. The van der Waals surface area contributed by atoms with Crippen molar-refractivity contribution in [2.45, 2.75) is 33.6 Å². The van der Waals surface area contributed by atoms with Gasteiger partial charge < -0.3 is 14.7 Å². The summed E-state index contributed by atoms with van der Waals surface area (Å²) in [6.07, 6.45) is 2.16. The number of likely N-dealkylation sites (N-methyl/N-ethyl adjacent to an activating group) is 4. The maximum atomic E-state index is 12.5. The molecule has 0 aromatic carbocycles. The van der Waals surface area contributed by atoms with E-state index >= 15 is 0 Å². The van der Waals surface area contributed by atoms with Crippen LogP contribution in [0.3, 0.4) is 0 Å². The number of hydrogen-bond donors (Lipinski definition) is 0. The topological polar surface area (TPSA) is 50.3 Å². The zero-order valence-corrected chi connectivity index (χ0v) is 18.2. The molecular formula is C20H41N5O2. The van der Waals surface area contributed by atoms with Gasteiger partial charge in [0.25, 0.3) is 0 Å². The Kier molecular flexibility index (Phi) is 11.6. The maximum Gasteiger partial charge on any atom is 0.236 e. The van der Waals surface area contributed by atoms with Gasteiger partial charge in [-0.2, -0.15) is 0 Å². The molecule has 1 rings (SSSR count). The molecule has 1 saturated heterocycles. The van der Waals surface area contributed by atoms with E-state index in [1.165, 1.54) is 0 Å². The highest BCUT2D eigenvalue weighted by atomic mass is 16.2. The lowest BCUT2D eigenvalue weighted by Gasteiger charge is -2.27. The molecule has 0 aliphatic carbocycles. The van der Waals surface area contributed by atoms with Gasteiger partial charge in [0.2, 0.25) is 11.8 Å². The normalized spacial score (nSPS) is 22.3. The van der Waals surface area contributed by atoms with E-state index in [2.05, 4.69) is 35.5 Å². The zero-order valence-electron chi connectivity index (χ0n) is 18.2. The molecule has 2 amide bonds. The Balaban J connectivity index is 2.77. The summed E-state index contributed by atoms with van der Waals surface area (Å²) in [5, 5.41) is 0. The summed E-state index contributed by atoms with van der Waals surface area (Å²) >= 11 is 0. The molecule has 1 aliphatic heterocycles. The van der Waals surface area contributed by atoms with Gasteiger partial charge in [0.1, 0.15) is 0 Å². The highest BCUT2D eigenvalue weighted by Crippen LogP contribution is 2.02. The highest BCUT2D eigenvalue weighted by molar-refractivity contribution is 5.79. The Morgan fingerprint density at radius 3 is 1.26 bits per heavy atom. The highest BCUT2D eigenvalue weighted by Gasteiger charge is 2.18. The summed E-state index contributed by atoms with van der Waals surface area (Å²) in [5.74, 6) is 0.258. The van der Waals surface area contributed by atoms with Gasteiger partial charge in [-0.3, -0.25) is 19.4 Å². The molecule has 0 unspecified atom stereocenters. The van der Waals surface area contributed by atoms with Crippen molar-refractivity contribution in [3.63, 3.8) is 0 Å². The fraction of sp³-hybridized carbons (Fsp3) is 0.900. The molecule has 0 radical (unpaired) electrons. The van der Waals surface area contributed by atoms with Crippen molar-refractivity contribution in [1.29, 1.82) is 0 Å². The predicted octanol–water partition coefficient (Wildman–Crippen LogP) is 0.663. The van der Waals surface area contributed by atoms with Crippen LogP contribution < -0.4 is 0 Å². The van der Waals surface area contributed by atoms with E-state index in [4.69, 9.17) is 0 Å². The van der Waals surface area contributed by atoms with E-state index in [1.54, 1.807) is 9.80 Å². The number of carbonyl (C=O) groups is 2. The third-order valence-electron chi connectivity index (χ3n) is 5.58. The second-order valence-electron chi connectivity index (χ2n) is 7.51. The molecule has 7 heteroatoms. The van der Waals surface area contributed by atoms with E-state index in [-0.39, 0.29) is 11.8 Å². The largest absolute Gasteiger partial charge is 0.343 e. The van der Waals surface area contributed by atoms with Gasteiger partial charge in [-0.25, -0.2) is 0 Å². The summed E-state index contributed by atoms with van der Waals surface area (Å²) in [6, 6.07) is 0. The molecule has 0 atom stereocenters. The van der Waals surface area contributed by atoms with Crippen LogP contribution in [0.1, 0.15) is 33.6 Å². The minimum Gasteiger partial charge on any atom is -0.343 e. The lowest BCUT2D eigenvalue weighted by Crippen LogP contribution is -2.44. The van der Waals surface area contributed by atoms with E-state index in [1.807, 2.05) is 14.1 Å². The first-order chi connectivity index (χ1) is 12.9. The van der Waals surface area contributed by atoms with Gasteiger partial charge in [-0.15, -0.1) is 0 Å². The third-order valence-corrected chi connectivity index (χ3v) is 5.58. The van der Waals surface area contributed by atoms with E-state index in [9.17, 15) is 9.59 Å². The smallest absolute Gasteiger partial charge is 0.236 e. The van der Waals surface area contributed by atoms with Crippen molar-refractivity contribution in [3.8, 4) is 0 Å². The molecule has 27 heavy (non-hydrogen) atoms. The number of amides is 2. The van der Waals surface area contributed by atoms with Crippen molar-refractivity contribution in [2.75, 3.05) is 86.1 Å². The monoisotopic (exact) mass is 383 g/mol. The molecule has 1 fully saturated rings. The van der Waals surface area contributed by atoms with Crippen molar-refractivity contribution in [2.24, 2.45) is 0 Å². The summed E-state index contributed by atoms with van der Waals surface area (Å²) in [6.45, 7) is 15.3. The van der Waals surface area contributed by atoms with Gasteiger partial charge in [0.05, 0.1) is 13.1 Å². The molecule has 0 aromatic heterocycles. The van der Waals surface area contributed by atoms with Crippen LogP contribution >= 0.6 is 0 Å². The number of carbonyl (C=O) groups excluding carboxylic acids is 2. The third kappa shape index (κ3) is 9.04. The average molecular weight is 384 g/mol. The van der Waals surface area contributed by atoms with Crippen LogP contribution in [0.2, 0.25) is 0 Å². The van der Waals surface area contributed by atoms with E-state index < -0.39 is 0 Å². The number of hydrogen-bond acceptors (Lipinski definition) is 5.